The van der Waals surface area contributed by atoms with Crippen molar-refractivity contribution in [2.45, 2.75) is 59.4 Å². The van der Waals surface area contributed by atoms with Crippen molar-refractivity contribution in [3.8, 4) is 0 Å². The molecule has 36 heavy (non-hydrogen) atoms. The Hall–Kier alpha value is -3.36. The topological polar surface area (TPSA) is 104 Å². The molecule has 2 heterocycles. The molecule has 8 heteroatoms. The number of nitrogens with zero attached hydrogens (tertiary/aromatic N) is 2. The van der Waals surface area contributed by atoms with Gasteiger partial charge in [-0.2, -0.15) is 0 Å². The summed E-state index contributed by atoms with van der Waals surface area (Å²) in [5.41, 5.74) is 1.96. The summed E-state index contributed by atoms with van der Waals surface area (Å²) in [7, 11) is 1.61. The molecule has 2 atom stereocenters. The molecule has 2 aromatic rings. The molecule has 1 amide bonds. The highest BCUT2D eigenvalue weighted by atomic mass is 19.1. The van der Waals surface area contributed by atoms with Gasteiger partial charge >= 0.3 is 0 Å². The molecule has 7 nitrogen and oxygen atoms in total. The Bertz CT molecular complexity index is 1290. The van der Waals surface area contributed by atoms with Crippen molar-refractivity contribution < 1.29 is 19.4 Å². The highest BCUT2D eigenvalue weighted by Gasteiger charge is 2.43. The smallest absolute Gasteiger partial charge is 0.258 e. The van der Waals surface area contributed by atoms with Crippen LogP contribution in [0.1, 0.15) is 53.0 Å². The lowest BCUT2D eigenvalue weighted by Gasteiger charge is -2.19. The number of hydrogen-bond donors (Lipinski definition) is 3. The summed E-state index contributed by atoms with van der Waals surface area (Å²) in [6.45, 7) is 13.2. The Morgan fingerprint density at radius 3 is 2.47 bits per heavy atom. The number of fused-ring (bicyclic) bond motifs is 1. The summed E-state index contributed by atoms with van der Waals surface area (Å²) in [5, 5.41) is 23.5. The van der Waals surface area contributed by atoms with Crippen molar-refractivity contribution in [1.29, 1.82) is 0 Å². The van der Waals surface area contributed by atoms with E-state index in [1.54, 1.807) is 46.0 Å². The van der Waals surface area contributed by atoms with Crippen molar-refractivity contribution >= 4 is 28.2 Å². The minimum Gasteiger partial charge on any atom is -0.359 e. The Labute approximate surface area is 211 Å². The Balaban J connectivity index is 0.00000145. The van der Waals surface area contributed by atoms with Gasteiger partial charge in [0.15, 0.2) is 0 Å². The summed E-state index contributed by atoms with van der Waals surface area (Å²) in [5.74, 6) is -3.01. The predicted molar refractivity (Wildman–Crippen MR) is 143 cm³/mol. The number of hydrogen-bond acceptors (Lipinski definition) is 5. The maximum absolute atomic E-state index is 13.2. The third kappa shape index (κ3) is 6.65. The maximum Gasteiger partial charge on any atom is 0.258 e. The van der Waals surface area contributed by atoms with E-state index in [1.807, 2.05) is 0 Å². The lowest BCUT2D eigenvalue weighted by atomic mass is 9.95. The first-order chi connectivity index (χ1) is 16.9. The van der Waals surface area contributed by atoms with Gasteiger partial charge in [0, 0.05) is 35.8 Å². The molecule has 3 N–H and O–H groups in total. The largest absolute Gasteiger partial charge is 0.359 e. The number of amides is 1. The van der Waals surface area contributed by atoms with Crippen molar-refractivity contribution in [3.05, 3.63) is 76.3 Å². The molecule has 0 bridgehead atoms. The third-order valence-electron chi connectivity index (χ3n) is 5.67. The molecule has 0 radical (unpaired) electrons. The molecule has 2 unspecified atom stereocenters. The number of carbonyl (C=O) groups excluding carboxylic acids is 1. The Kier molecular flexibility index (Phi) is 9.67. The van der Waals surface area contributed by atoms with Crippen LogP contribution in [0, 0.1) is 5.92 Å². The van der Waals surface area contributed by atoms with Crippen LogP contribution in [0.3, 0.4) is 0 Å². The van der Waals surface area contributed by atoms with Crippen LogP contribution in [0.25, 0.3) is 16.5 Å². The van der Waals surface area contributed by atoms with Crippen LogP contribution in [0.4, 0.5) is 10.2 Å². The normalized spacial score (nSPS) is 18.1. The van der Waals surface area contributed by atoms with Crippen molar-refractivity contribution in [1.82, 2.24) is 9.55 Å². The SMILES string of the molecule is C=C(/C=C(C)\C(=C/C)c1cc2cnc(NC(=O)C3CC3F)cc2n(C)c1=O)C(O)(O)/C=C/C.CCC. The summed E-state index contributed by atoms with van der Waals surface area (Å²) in [4.78, 5) is 29.4. The zero-order valence-corrected chi connectivity index (χ0v) is 21.8. The van der Waals surface area contributed by atoms with E-state index >= 15 is 0 Å². The molecule has 2 aromatic heterocycles. The minimum atomic E-state index is -2.20. The number of halogens is 1. The molecule has 0 saturated heterocycles. The van der Waals surface area contributed by atoms with E-state index in [0.29, 0.717) is 27.6 Å². The van der Waals surface area contributed by atoms with Gasteiger partial charge in [-0.1, -0.05) is 45.1 Å². The van der Waals surface area contributed by atoms with E-state index in [9.17, 15) is 24.2 Å². The zero-order chi connectivity index (χ0) is 27.2. The molecular weight excluding hydrogens is 461 g/mol. The fourth-order valence-electron chi connectivity index (χ4n) is 3.66. The van der Waals surface area contributed by atoms with Gasteiger partial charge in [0.1, 0.15) is 12.0 Å². The van der Waals surface area contributed by atoms with Gasteiger partial charge in [-0.3, -0.25) is 9.59 Å². The molecule has 1 aliphatic rings. The third-order valence-corrected chi connectivity index (χ3v) is 5.67. The number of aliphatic hydroxyl groups is 2. The van der Waals surface area contributed by atoms with Crippen molar-refractivity contribution in [3.63, 3.8) is 0 Å². The van der Waals surface area contributed by atoms with Gasteiger partial charge in [-0.25, -0.2) is 9.37 Å². The number of anilines is 1. The molecule has 0 spiro atoms. The average Bonchev–Trinajstić information content (AvgIpc) is 3.55. The molecular formula is C28H36FN3O4. The van der Waals surface area contributed by atoms with Crippen LogP contribution in [0.5, 0.6) is 0 Å². The Morgan fingerprint density at radius 1 is 1.33 bits per heavy atom. The molecule has 1 saturated carbocycles. The monoisotopic (exact) mass is 497 g/mol. The molecule has 0 aliphatic heterocycles. The number of aromatic nitrogens is 2. The fraction of sp³-hybridized carbons (Fsp3) is 0.393. The lowest BCUT2D eigenvalue weighted by Crippen LogP contribution is -2.26. The number of pyridine rings is 2. The minimum absolute atomic E-state index is 0.0586. The number of carbonyl (C=O) groups is 1. The summed E-state index contributed by atoms with van der Waals surface area (Å²) in [6.07, 6.45) is 7.90. The molecule has 194 valence electrons. The summed E-state index contributed by atoms with van der Waals surface area (Å²) in [6, 6.07) is 3.28. The maximum atomic E-state index is 13.2. The first kappa shape index (κ1) is 28.9. The van der Waals surface area contributed by atoms with Gasteiger partial charge in [0.25, 0.3) is 5.56 Å². The average molecular weight is 498 g/mol. The van der Waals surface area contributed by atoms with E-state index in [0.717, 1.165) is 0 Å². The zero-order valence-electron chi connectivity index (χ0n) is 21.8. The van der Waals surface area contributed by atoms with Crippen LogP contribution < -0.4 is 10.9 Å². The highest BCUT2D eigenvalue weighted by Crippen LogP contribution is 2.34. The molecule has 1 fully saturated rings. The quantitative estimate of drug-likeness (QED) is 0.289. The number of alkyl halides is 1. The van der Waals surface area contributed by atoms with Gasteiger partial charge < -0.3 is 20.1 Å². The summed E-state index contributed by atoms with van der Waals surface area (Å²) >= 11 is 0. The number of nitrogens with one attached hydrogen (secondary N) is 1. The highest BCUT2D eigenvalue weighted by molar-refractivity contribution is 5.96. The lowest BCUT2D eigenvalue weighted by molar-refractivity contribution is -0.117. The second-order valence-electron chi connectivity index (χ2n) is 8.89. The van der Waals surface area contributed by atoms with Crippen LogP contribution in [-0.2, 0) is 11.8 Å². The van der Waals surface area contributed by atoms with E-state index in [1.165, 1.54) is 35.4 Å². The van der Waals surface area contributed by atoms with Crippen molar-refractivity contribution in [2.75, 3.05) is 5.32 Å². The second kappa shape index (κ2) is 12.1. The van der Waals surface area contributed by atoms with E-state index in [4.69, 9.17) is 0 Å². The van der Waals surface area contributed by atoms with E-state index < -0.39 is 23.8 Å². The standard InChI is InChI=1S/C25H28FN3O4.C3H8/c1-6-8-25(32,33)15(4)9-14(3)17(7-2)18-10-16-13-27-22(12-21(16)29(5)24(18)31)28-23(30)19-11-20(19)26;1-3-2/h6-10,12-13,19-20,32-33H,4,11H2,1-3,5H3,(H,27,28,30);3H2,1-2H3/b8-6+,14-9-,17-7+;. The fourth-order valence-corrected chi connectivity index (χ4v) is 3.66. The summed E-state index contributed by atoms with van der Waals surface area (Å²) < 4.78 is 14.6. The van der Waals surface area contributed by atoms with Crippen LogP contribution in [0.2, 0.25) is 0 Å². The van der Waals surface area contributed by atoms with Gasteiger partial charge in [-0.15, -0.1) is 0 Å². The van der Waals surface area contributed by atoms with Crippen LogP contribution >= 0.6 is 0 Å². The number of rotatable bonds is 7. The molecule has 3 rings (SSSR count). The van der Waals surface area contributed by atoms with Crippen molar-refractivity contribution in [2.24, 2.45) is 13.0 Å². The second-order valence-corrected chi connectivity index (χ2v) is 8.89. The van der Waals surface area contributed by atoms with Crippen LogP contribution in [-0.4, -0.2) is 37.6 Å². The molecule has 1 aliphatic carbocycles. The molecule has 0 aromatic carbocycles. The number of aryl methyl sites for hydroxylation is 1. The van der Waals surface area contributed by atoms with Gasteiger partial charge in [-0.05, 0) is 50.5 Å². The first-order valence-corrected chi connectivity index (χ1v) is 12.0. The Morgan fingerprint density at radius 2 is 1.94 bits per heavy atom. The first-order valence-electron chi connectivity index (χ1n) is 12.0. The van der Waals surface area contributed by atoms with E-state index in [-0.39, 0.29) is 23.4 Å². The van der Waals surface area contributed by atoms with Gasteiger partial charge in [0.05, 0.1) is 11.4 Å². The van der Waals surface area contributed by atoms with Gasteiger partial charge in [0.2, 0.25) is 11.7 Å². The van der Waals surface area contributed by atoms with E-state index in [2.05, 4.69) is 30.7 Å². The van der Waals surface area contributed by atoms with Crippen LogP contribution in [0.15, 0.2) is 65.2 Å². The predicted octanol–water partition coefficient (Wildman–Crippen LogP) is 4.81. The number of allylic oxidation sites excluding steroid dienone is 4.